The molecule has 8 heteroatoms. The number of ether oxygens (including phenoxy) is 2. The Morgan fingerprint density at radius 1 is 1.07 bits per heavy atom. The Kier molecular flexibility index (Phi) is 7.36. The highest BCUT2D eigenvalue weighted by atomic mass is 19.4. The molecular formula is C21H25F3N2O3. The van der Waals surface area contributed by atoms with Crippen molar-refractivity contribution in [3.63, 3.8) is 0 Å². The molecule has 158 valence electrons. The van der Waals surface area contributed by atoms with Crippen molar-refractivity contribution in [3.05, 3.63) is 59.2 Å². The van der Waals surface area contributed by atoms with Gasteiger partial charge in [0.15, 0.2) is 11.5 Å². The smallest absolute Gasteiger partial charge is 0.416 e. The zero-order chi connectivity index (χ0) is 21.6. The first kappa shape index (κ1) is 22.4. The van der Waals surface area contributed by atoms with E-state index < -0.39 is 17.8 Å². The summed E-state index contributed by atoms with van der Waals surface area (Å²) in [6.45, 7) is 5.59. The summed E-state index contributed by atoms with van der Waals surface area (Å²) in [5.74, 6) is 1.15. The maximum Gasteiger partial charge on any atom is 0.416 e. The van der Waals surface area contributed by atoms with Crippen molar-refractivity contribution in [1.29, 1.82) is 0 Å². The van der Waals surface area contributed by atoms with Crippen molar-refractivity contribution < 1.29 is 27.4 Å². The zero-order valence-electron chi connectivity index (χ0n) is 16.8. The number of halogens is 3. The fourth-order valence-corrected chi connectivity index (χ4v) is 2.68. The molecule has 0 aliphatic carbocycles. The van der Waals surface area contributed by atoms with E-state index in [1.165, 1.54) is 19.2 Å². The standard InChI is InChI=1S/C21H25F3N2O3/c1-13(2)29-18-9-8-16(11-19(18)28-4)14(3)26-20(27)25-12-15-6-5-7-17(10-15)21(22,23)24/h5-11,13-14H,12H2,1-4H3,(H2,25,26,27). The number of benzene rings is 2. The van der Waals surface area contributed by atoms with Crippen LogP contribution in [-0.4, -0.2) is 19.2 Å². The minimum atomic E-state index is -4.42. The molecule has 1 atom stereocenters. The number of alkyl halides is 3. The molecule has 0 radical (unpaired) electrons. The van der Waals surface area contributed by atoms with Crippen LogP contribution < -0.4 is 20.1 Å². The van der Waals surface area contributed by atoms with Gasteiger partial charge in [0.1, 0.15) is 0 Å². The lowest BCUT2D eigenvalue weighted by molar-refractivity contribution is -0.137. The zero-order valence-corrected chi connectivity index (χ0v) is 16.8. The maximum absolute atomic E-state index is 12.8. The maximum atomic E-state index is 12.8. The Balaban J connectivity index is 1.97. The summed E-state index contributed by atoms with van der Waals surface area (Å²) in [7, 11) is 1.53. The van der Waals surface area contributed by atoms with Gasteiger partial charge in [-0.3, -0.25) is 0 Å². The monoisotopic (exact) mass is 410 g/mol. The molecule has 2 amide bonds. The van der Waals surface area contributed by atoms with Gasteiger partial charge in [-0.25, -0.2) is 4.79 Å². The molecule has 2 aromatic carbocycles. The topological polar surface area (TPSA) is 59.6 Å². The van der Waals surface area contributed by atoms with E-state index in [4.69, 9.17) is 9.47 Å². The largest absolute Gasteiger partial charge is 0.493 e. The van der Waals surface area contributed by atoms with Gasteiger partial charge in [0, 0.05) is 6.54 Å². The van der Waals surface area contributed by atoms with Gasteiger partial charge in [-0.2, -0.15) is 13.2 Å². The van der Waals surface area contributed by atoms with Crippen LogP contribution >= 0.6 is 0 Å². The normalized spacial score (nSPS) is 12.4. The van der Waals surface area contributed by atoms with Gasteiger partial charge in [-0.05, 0) is 56.2 Å². The molecule has 29 heavy (non-hydrogen) atoms. The van der Waals surface area contributed by atoms with Crippen LogP contribution in [0.3, 0.4) is 0 Å². The minimum Gasteiger partial charge on any atom is -0.493 e. The second-order valence-corrected chi connectivity index (χ2v) is 6.82. The van der Waals surface area contributed by atoms with E-state index in [1.807, 2.05) is 19.9 Å². The Labute approximate surface area is 168 Å². The number of urea groups is 1. The molecule has 0 aliphatic heterocycles. The molecule has 0 aliphatic rings. The van der Waals surface area contributed by atoms with Crippen LogP contribution in [-0.2, 0) is 12.7 Å². The van der Waals surface area contributed by atoms with Crippen molar-refractivity contribution in [3.8, 4) is 11.5 Å². The van der Waals surface area contributed by atoms with E-state index in [0.29, 0.717) is 17.1 Å². The van der Waals surface area contributed by atoms with E-state index in [9.17, 15) is 18.0 Å². The number of nitrogens with one attached hydrogen (secondary N) is 2. The molecule has 0 heterocycles. The summed E-state index contributed by atoms with van der Waals surface area (Å²) in [6.07, 6.45) is -4.43. The number of methoxy groups -OCH3 is 1. The van der Waals surface area contributed by atoms with E-state index in [2.05, 4.69) is 10.6 Å². The average Bonchev–Trinajstić information content (AvgIpc) is 2.65. The molecule has 1 unspecified atom stereocenters. The van der Waals surface area contributed by atoms with Gasteiger partial charge in [-0.15, -0.1) is 0 Å². The van der Waals surface area contributed by atoms with Crippen LogP contribution in [0.1, 0.15) is 43.5 Å². The predicted molar refractivity (Wildman–Crippen MR) is 104 cm³/mol. The summed E-state index contributed by atoms with van der Waals surface area (Å²) in [5.41, 5.74) is 0.410. The highest BCUT2D eigenvalue weighted by molar-refractivity contribution is 5.74. The van der Waals surface area contributed by atoms with Crippen molar-refractivity contribution in [2.75, 3.05) is 7.11 Å². The first-order chi connectivity index (χ1) is 13.6. The number of carbonyl (C=O) groups is 1. The van der Waals surface area contributed by atoms with Gasteiger partial charge in [-0.1, -0.05) is 18.2 Å². The second kappa shape index (κ2) is 9.54. The lowest BCUT2D eigenvalue weighted by Gasteiger charge is -2.18. The van der Waals surface area contributed by atoms with Crippen LogP contribution in [0, 0.1) is 0 Å². The fourth-order valence-electron chi connectivity index (χ4n) is 2.68. The molecular weight excluding hydrogens is 385 g/mol. The Morgan fingerprint density at radius 3 is 2.41 bits per heavy atom. The first-order valence-electron chi connectivity index (χ1n) is 9.15. The Bertz CT molecular complexity index is 838. The summed E-state index contributed by atoms with van der Waals surface area (Å²) in [4.78, 5) is 12.1. The highest BCUT2D eigenvalue weighted by Crippen LogP contribution is 2.31. The van der Waals surface area contributed by atoms with Gasteiger partial charge < -0.3 is 20.1 Å². The summed E-state index contributed by atoms with van der Waals surface area (Å²) >= 11 is 0. The molecule has 0 bridgehead atoms. The molecule has 0 saturated carbocycles. The van der Waals surface area contributed by atoms with Crippen LogP contribution in [0.2, 0.25) is 0 Å². The van der Waals surface area contributed by atoms with Crippen LogP contribution in [0.5, 0.6) is 11.5 Å². The SMILES string of the molecule is COc1cc(C(C)NC(=O)NCc2cccc(C(F)(F)F)c2)ccc1OC(C)C. The first-order valence-corrected chi connectivity index (χ1v) is 9.15. The third-order valence-electron chi connectivity index (χ3n) is 4.11. The van der Waals surface area contributed by atoms with Gasteiger partial charge in [0.05, 0.1) is 24.8 Å². The number of rotatable bonds is 7. The summed E-state index contributed by atoms with van der Waals surface area (Å²) in [5, 5.41) is 5.33. The summed E-state index contributed by atoms with van der Waals surface area (Å²) < 4.78 is 49.3. The lowest BCUT2D eigenvalue weighted by Crippen LogP contribution is -2.36. The van der Waals surface area contributed by atoms with Gasteiger partial charge >= 0.3 is 12.2 Å². The number of hydrogen-bond donors (Lipinski definition) is 2. The average molecular weight is 410 g/mol. The Morgan fingerprint density at radius 2 is 1.79 bits per heavy atom. The second-order valence-electron chi connectivity index (χ2n) is 6.82. The molecule has 2 aromatic rings. The van der Waals surface area contributed by atoms with Crippen LogP contribution in [0.4, 0.5) is 18.0 Å². The fraction of sp³-hybridized carbons (Fsp3) is 0.381. The number of amides is 2. The van der Waals surface area contributed by atoms with Gasteiger partial charge in [0.2, 0.25) is 0 Å². The lowest BCUT2D eigenvalue weighted by atomic mass is 10.1. The van der Waals surface area contributed by atoms with E-state index in [1.54, 1.807) is 19.1 Å². The molecule has 0 aromatic heterocycles. The van der Waals surface area contributed by atoms with Gasteiger partial charge in [0.25, 0.3) is 0 Å². The van der Waals surface area contributed by atoms with Crippen molar-refractivity contribution in [1.82, 2.24) is 10.6 Å². The third-order valence-corrected chi connectivity index (χ3v) is 4.11. The Hall–Kier alpha value is -2.90. The van der Waals surface area contributed by atoms with Crippen molar-refractivity contribution >= 4 is 6.03 Å². The predicted octanol–water partition coefficient (Wildman–Crippen LogP) is 5.06. The van der Waals surface area contributed by atoms with E-state index in [-0.39, 0.29) is 18.7 Å². The quantitative estimate of drug-likeness (QED) is 0.671. The third kappa shape index (κ3) is 6.58. The number of carbonyl (C=O) groups excluding carboxylic acids is 1. The minimum absolute atomic E-state index is 0.00748. The van der Waals surface area contributed by atoms with Crippen LogP contribution in [0.25, 0.3) is 0 Å². The molecule has 2 N–H and O–H groups in total. The molecule has 2 rings (SSSR count). The summed E-state index contributed by atoms with van der Waals surface area (Å²) in [6, 6.07) is 9.37. The van der Waals surface area contributed by atoms with Crippen molar-refractivity contribution in [2.24, 2.45) is 0 Å². The van der Waals surface area contributed by atoms with Crippen molar-refractivity contribution in [2.45, 2.75) is 45.6 Å². The van der Waals surface area contributed by atoms with E-state index in [0.717, 1.165) is 17.7 Å². The molecule has 0 fully saturated rings. The molecule has 0 spiro atoms. The van der Waals surface area contributed by atoms with Crippen LogP contribution in [0.15, 0.2) is 42.5 Å². The molecule has 5 nitrogen and oxygen atoms in total. The number of hydrogen-bond acceptors (Lipinski definition) is 3. The highest BCUT2D eigenvalue weighted by Gasteiger charge is 2.30. The molecule has 0 saturated heterocycles. The van der Waals surface area contributed by atoms with E-state index >= 15 is 0 Å².